The lowest BCUT2D eigenvalue weighted by atomic mass is 10.00. The zero-order valence-corrected chi connectivity index (χ0v) is 79.2. The van der Waals surface area contributed by atoms with E-state index in [2.05, 4.69) is 563 Å². The van der Waals surface area contributed by atoms with Gasteiger partial charge in [-0.2, -0.15) is 0 Å². The van der Waals surface area contributed by atoms with Crippen LogP contribution >= 0.6 is 34.0 Å². The first kappa shape index (κ1) is 83.9. The fourth-order valence-corrected chi connectivity index (χ4v) is 24.3. The minimum absolute atomic E-state index is 1.05. The first-order valence-corrected chi connectivity index (χ1v) is 50.3. The topological polar surface area (TPSA) is 22.8 Å². The third-order valence-corrected chi connectivity index (χ3v) is 31.0. The van der Waals surface area contributed by atoms with Crippen LogP contribution in [0.5, 0.6) is 0 Å². The van der Waals surface area contributed by atoms with Crippen molar-refractivity contribution in [2.75, 3.05) is 19.6 Å². The third kappa shape index (κ3) is 15.6. The van der Waals surface area contributed by atoms with Gasteiger partial charge in [-0.3, -0.25) is 0 Å². The zero-order chi connectivity index (χ0) is 93.2. The van der Waals surface area contributed by atoms with Crippen molar-refractivity contribution in [2.45, 2.75) is 0 Å². The average molecular weight is 1850 g/mol. The fraction of sp³-hybridized carbons (Fsp3) is 0. The normalized spacial score (nSPS) is 11.5. The number of nitrogens with zero attached hydrogens (tertiary/aromatic N) is 6. The van der Waals surface area contributed by atoms with Gasteiger partial charge in [0, 0.05) is 151 Å². The van der Waals surface area contributed by atoms with Gasteiger partial charge in [-0.15, -0.1) is 34.0 Å². The molecule has 0 saturated heterocycles. The summed E-state index contributed by atoms with van der Waals surface area (Å²) >= 11 is 5.56. The highest BCUT2D eigenvalue weighted by Gasteiger charge is 2.26. The first-order chi connectivity index (χ1) is 69.9. The van der Waals surface area contributed by atoms with E-state index >= 15 is 0 Å². The van der Waals surface area contributed by atoms with Crippen LogP contribution in [-0.4, -0.2) is 9.13 Å². The molecule has 6 nitrogen and oxygen atoms in total. The van der Waals surface area contributed by atoms with Crippen molar-refractivity contribution in [3.8, 4) is 67.0 Å². The van der Waals surface area contributed by atoms with Crippen LogP contribution in [0.1, 0.15) is 0 Å². The summed E-state index contributed by atoms with van der Waals surface area (Å²) < 4.78 is 12.5. The molecule has 0 aliphatic rings. The Labute approximate surface area is 829 Å². The van der Waals surface area contributed by atoms with Gasteiger partial charge >= 0.3 is 0 Å². The maximum Gasteiger partial charge on any atom is 0.0640 e. The van der Waals surface area contributed by atoms with Crippen molar-refractivity contribution >= 4 is 206 Å². The first-order valence-electron chi connectivity index (χ1n) is 47.9. The predicted octanol–water partition coefficient (Wildman–Crippen LogP) is 38.9. The van der Waals surface area contributed by atoms with E-state index in [0.29, 0.717) is 0 Å². The van der Waals surface area contributed by atoms with Crippen molar-refractivity contribution < 1.29 is 0 Å². The number of rotatable bonds is 19. The minimum atomic E-state index is 1.05. The van der Waals surface area contributed by atoms with Gasteiger partial charge in [0.05, 0.1) is 32.5 Å². The van der Waals surface area contributed by atoms with Gasteiger partial charge < -0.3 is 28.7 Å². The Morgan fingerprint density at radius 3 is 0.922 bits per heavy atom. The summed E-state index contributed by atoms with van der Waals surface area (Å²) in [7, 11) is 0. The molecule has 141 heavy (non-hydrogen) atoms. The van der Waals surface area contributed by atoms with Crippen molar-refractivity contribution in [1.29, 1.82) is 0 Å². The summed E-state index contributed by atoms with van der Waals surface area (Å²) in [6.45, 7) is 0. The molecule has 9 heteroatoms. The van der Waals surface area contributed by atoms with Crippen molar-refractivity contribution in [3.63, 3.8) is 0 Å². The molecule has 0 saturated carbocycles. The lowest BCUT2D eigenvalue weighted by molar-refractivity contribution is 1.18. The molecule has 27 rings (SSSR count). The second-order valence-corrected chi connectivity index (χ2v) is 39.1. The van der Waals surface area contributed by atoms with Gasteiger partial charge in [-0.25, -0.2) is 0 Å². The molecule has 0 radical (unpaired) electrons. The number of benzene rings is 22. The molecule has 0 spiro atoms. The Bertz CT molecular complexity index is 9370. The van der Waals surface area contributed by atoms with Gasteiger partial charge in [0.2, 0.25) is 0 Å². The second-order valence-electron chi connectivity index (χ2n) is 35.9. The molecule has 664 valence electrons. The molecule has 5 heterocycles. The monoisotopic (exact) mass is 1850 g/mol. The quantitative estimate of drug-likeness (QED) is 0.0805. The van der Waals surface area contributed by atoms with Crippen LogP contribution in [0.3, 0.4) is 0 Å². The van der Waals surface area contributed by atoms with Crippen LogP contribution < -0.4 is 19.6 Å². The summed E-state index contributed by atoms with van der Waals surface area (Å²) in [4.78, 5) is 9.66. The van der Waals surface area contributed by atoms with Crippen LogP contribution in [-0.2, 0) is 0 Å². The summed E-state index contributed by atoms with van der Waals surface area (Å²) in [5.74, 6) is 0. The molecular weight excluding hydrogens is 1770 g/mol. The fourth-order valence-electron chi connectivity index (χ4n) is 20.9. The Morgan fingerprint density at radius 2 is 0.411 bits per heavy atom. The summed E-state index contributed by atoms with van der Waals surface area (Å²) in [6, 6.07) is 195. The second kappa shape index (κ2) is 36.1. The van der Waals surface area contributed by atoms with Gasteiger partial charge in [0.1, 0.15) is 0 Å². The van der Waals surface area contributed by atoms with Gasteiger partial charge in [-0.05, 0) is 256 Å². The minimum Gasteiger partial charge on any atom is -0.310 e. The maximum absolute atomic E-state index is 2.46. The number of hydrogen-bond acceptors (Lipinski definition) is 7. The molecule has 0 N–H and O–H groups in total. The van der Waals surface area contributed by atoms with Gasteiger partial charge in [0.15, 0.2) is 0 Å². The van der Waals surface area contributed by atoms with Gasteiger partial charge in [0.25, 0.3) is 0 Å². The maximum atomic E-state index is 2.46. The lowest BCUT2D eigenvalue weighted by Crippen LogP contribution is -2.13. The van der Waals surface area contributed by atoms with Crippen molar-refractivity contribution in [1.82, 2.24) is 9.13 Å². The summed E-state index contributed by atoms with van der Waals surface area (Å²) in [6.07, 6.45) is 0. The molecule has 0 unspecified atom stereocenters. The number of para-hydroxylation sites is 5. The highest BCUT2D eigenvalue weighted by molar-refractivity contribution is 7.27. The van der Waals surface area contributed by atoms with E-state index < -0.39 is 0 Å². The zero-order valence-electron chi connectivity index (χ0n) is 76.7. The van der Waals surface area contributed by atoms with Crippen LogP contribution in [0.25, 0.3) is 171 Å². The SMILES string of the molecule is c1ccc(-c2ccc(-c3ccc(N(c4ccc(-c5ccccc5)cc4)c4cccc(N(c5cccc(-c6ccc7c8ccccc8n(-c8ccccc8)c7c6)c5)c5cccc6c5sc5ccccc56)c4)cc3)cc2)cc1.c1ccc(N(c2cccc(N(c3cccc(-c4ccc5c6ccccc6n(-c6ccccc6)c5c4)c3)c3ccc4c(c3)sc3ccccc34)c2)c2ccc3sc4ccccc4c3c2)cc1. The number of hydrogen-bond donors (Lipinski definition) is 0. The molecule has 0 atom stereocenters. The molecule has 0 amide bonds. The van der Waals surface area contributed by atoms with Crippen LogP contribution in [0, 0.1) is 0 Å². The van der Waals surface area contributed by atoms with E-state index in [1.807, 2.05) is 34.0 Å². The van der Waals surface area contributed by atoms with E-state index in [-0.39, 0.29) is 0 Å². The Kier molecular flexibility index (Phi) is 21.5. The van der Waals surface area contributed by atoms with E-state index in [4.69, 9.17) is 0 Å². The van der Waals surface area contributed by atoms with Crippen molar-refractivity contribution in [2.24, 2.45) is 0 Å². The van der Waals surface area contributed by atoms with Crippen molar-refractivity contribution in [3.05, 3.63) is 534 Å². The molecule has 0 fully saturated rings. The molecule has 0 aliphatic heterocycles. The molecule has 0 aliphatic carbocycles. The molecule has 22 aromatic carbocycles. The highest BCUT2D eigenvalue weighted by atomic mass is 32.1. The Morgan fingerprint density at radius 1 is 0.135 bits per heavy atom. The number of fused-ring (bicyclic) bond motifs is 15. The van der Waals surface area contributed by atoms with E-state index in [0.717, 1.165) is 96.3 Å². The lowest BCUT2D eigenvalue weighted by Gasteiger charge is -2.30. The highest BCUT2D eigenvalue weighted by Crippen LogP contribution is 2.51. The molecule has 5 aromatic heterocycles. The van der Waals surface area contributed by atoms with Gasteiger partial charge in [-0.1, -0.05) is 334 Å². The van der Waals surface area contributed by atoms with E-state index in [1.54, 1.807) is 0 Å². The Hall–Kier alpha value is -17.7. The van der Waals surface area contributed by atoms with E-state index in [9.17, 15) is 0 Å². The number of aromatic nitrogens is 2. The molecular formula is C132H88N6S3. The average Bonchev–Trinajstić information content (AvgIpc) is 1.55. The van der Waals surface area contributed by atoms with Crippen LogP contribution in [0.4, 0.5) is 68.2 Å². The largest absolute Gasteiger partial charge is 0.310 e. The standard InChI is InChI=1S/C72H49N3S.C60H39N3S2/c1-4-17-50(18-5-1)52-33-35-53(36-34-52)55-39-44-60(45-40-55)73(59-42-37-54(38-43-59)51-19-6-2-7-20-51)62-25-15-26-63(49-62)74(69-31-16-29-67-66-28-11-13-32-71(66)76-72(67)69)61-24-14-21-56(47-61)57-41-46-65-64-27-10-12-30-68(64)75(70(65)48-57)58-22-8-3-9-23-58;1-3-16-42(17-4-1)61(47-31-34-59-54(38-47)52-25-9-12-28-58(52)64-59)45-21-14-22-46(37-45)62(48-30-33-53-51-24-8-11-27-57(51)65-60(53)39-48)44-20-13-15-40(35-44)41-29-32-50-49-23-7-10-26-55(49)63(56(50)36-41)43-18-5-2-6-19-43/h1-49H;1-39H. The van der Waals surface area contributed by atoms with Crippen LogP contribution in [0.15, 0.2) is 534 Å². The summed E-state index contributed by atoms with van der Waals surface area (Å²) in [5, 5.41) is 12.7. The third-order valence-electron chi connectivity index (χ3n) is 27.5. The molecule has 0 bridgehead atoms. The smallest absolute Gasteiger partial charge is 0.0640 e. The predicted molar refractivity (Wildman–Crippen MR) is 606 cm³/mol. The molecule has 27 aromatic rings. The van der Waals surface area contributed by atoms with E-state index in [1.165, 1.54) is 143 Å². The number of thiophene rings is 3. The summed E-state index contributed by atoms with van der Waals surface area (Å²) in [5.41, 5.74) is 31.8. The number of anilines is 12. The Balaban J connectivity index is 0.000000146. The van der Waals surface area contributed by atoms with Crippen LogP contribution in [0.2, 0.25) is 0 Å².